The lowest BCUT2D eigenvalue weighted by molar-refractivity contribution is -0.117. The number of carbonyl (C=O) groups is 1. The molecule has 0 bridgehead atoms. The molecule has 0 aliphatic rings. The predicted octanol–water partition coefficient (Wildman–Crippen LogP) is 2.88. The van der Waals surface area contributed by atoms with E-state index in [1.165, 1.54) is 17.7 Å². The van der Waals surface area contributed by atoms with Gasteiger partial charge in [0.05, 0.1) is 5.69 Å². The van der Waals surface area contributed by atoms with Crippen molar-refractivity contribution in [3.63, 3.8) is 0 Å². The van der Waals surface area contributed by atoms with Gasteiger partial charge < -0.3 is 4.90 Å². The highest BCUT2D eigenvalue weighted by molar-refractivity contribution is 7.98. The lowest BCUT2D eigenvalue weighted by atomic mass is 10.3. The largest absolute Gasteiger partial charge is 0.305 e. The van der Waals surface area contributed by atoms with Gasteiger partial charge in [0, 0.05) is 37.2 Å². The van der Waals surface area contributed by atoms with E-state index in [4.69, 9.17) is 0 Å². The Bertz CT molecular complexity index is 600. The van der Waals surface area contributed by atoms with E-state index >= 15 is 0 Å². The first-order valence-corrected chi connectivity index (χ1v) is 8.89. The molecule has 0 fully saturated rings. The van der Waals surface area contributed by atoms with Crippen molar-refractivity contribution in [3.8, 4) is 10.6 Å². The average molecular weight is 322 g/mol. The van der Waals surface area contributed by atoms with Gasteiger partial charge in [-0.25, -0.2) is 15.0 Å². The molecule has 2 aromatic heterocycles. The van der Waals surface area contributed by atoms with E-state index in [9.17, 15) is 4.79 Å². The molecule has 7 heteroatoms. The summed E-state index contributed by atoms with van der Waals surface area (Å²) in [6.07, 6.45) is 8.32. The van der Waals surface area contributed by atoms with Gasteiger partial charge in [-0.15, -0.1) is 0 Å². The molecule has 112 valence electrons. The van der Waals surface area contributed by atoms with E-state index in [2.05, 4.69) is 15.0 Å². The number of nitrogens with zero attached hydrogens (tertiary/aromatic N) is 4. The minimum Gasteiger partial charge on any atom is -0.305 e. The van der Waals surface area contributed by atoms with Crippen LogP contribution in [0.2, 0.25) is 0 Å². The summed E-state index contributed by atoms with van der Waals surface area (Å²) in [6.45, 7) is 2.05. The third-order valence-corrected chi connectivity index (χ3v) is 4.85. The molecule has 0 saturated heterocycles. The summed E-state index contributed by atoms with van der Waals surface area (Å²) in [4.78, 5) is 26.6. The normalized spacial score (nSPS) is 10.6. The van der Waals surface area contributed by atoms with Gasteiger partial charge in [0.25, 0.3) is 0 Å². The lowest BCUT2D eigenvalue weighted by Crippen LogP contribution is -2.26. The first-order valence-electron chi connectivity index (χ1n) is 6.68. The third-order valence-electron chi connectivity index (χ3n) is 3.02. The van der Waals surface area contributed by atoms with Gasteiger partial charge >= 0.3 is 0 Å². The molecule has 0 atom stereocenters. The van der Waals surface area contributed by atoms with E-state index in [0.29, 0.717) is 6.42 Å². The summed E-state index contributed by atoms with van der Waals surface area (Å²) >= 11 is 3.19. The number of aromatic nitrogens is 3. The quantitative estimate of drug-likeness (QED) is 0.818. The Kier molecular flexibility index (Phi) is 5.69. The van der Waals surface area contributed by atoms with Crippen LogP contribution in [0.3, 0.4) is 0 Å². The van der Waals surface area contributed by atoms with Crippen LogP contribution in [0.1, 0.15) is 19.0 Å². The molecule has 2 heterocycles. The topological polar surface area (TPSA) is 59.0 Å². The second-order valence-electron chi connectivity index (χ2n) is 4.45. The van der Waals surface area contributed by atoms with Gasteiger partial charge in [-0.05, 0) is 12.7 Å². The minimum atomic E-state index is 0.124. The summed E-state index contributed by atoms with van der Waals surface area (Å²) in [6, 6.07) is 0. The van der Waals surface area contributed by atoms with Crippen molar-refractivity contribution < 1.29 is 4.79 Å². The summed E-state index contributed by atoms with van der Waals surface area (Å²) in [5, 5.41) is 1.77. The van der Waals surface area contributed by atoms with E-state index in [-0.39, 0.29) is 5.91 Å². The van der Waals surface area contributed by atoms with Gasteiger partial charge in [0.15, 0.2) is 0 Å². The fourth-order valence-electron chi connectivity index (χ4n) is 1.84. The Labute approximate surface area is 132 Å². The Morgan fingerprint density at radius 3 is 2.71 bits per heavy atom. The van der Waals surface area contributed by atoms with Gasteiger partial charge in [-0.1, -0.05) is 18.3 Å². The smallest absolute Gasteiger partial charge is 0.228 e. The number of thiazole rings is 1. The molecule has 0 aromatic carbocycles. The molecule has 0 spiro atoms. The second-order valence-corrected chi connectivity index (χ2v) is 6.41. The molecular weight excluding hydrogens is 304 g/mol. The Morgan fingerprint density at radius 2 is 2.10 bits per heavy atom. The van der Waals surface area contributed by atoms with Crippen LogP contribution in [0.15, 0.2) is 18.7 Å². The molecule has 0 aliphatic carbocycles. The molecule has 1 amide bonds. The molecule has 2 rings (SSSR count). The molecular formula is C14H18N4OS2. The number of anilines is 1. The monoisotopic (exact) mass is 322 g/mol. The molecule has 5 nitrogen and oxygen atoms in total. The molecule has 0 radical (unpaired) electrons. The summed E-state index contributed by atoms with van der Waals surface area (Å²) in [7, 11) is 1.82. The molecule has 21 heavy (non-hydrogen) atoms. The number of amides is 1. The zero-order chi connectivity index (χ0) is 15.2. The number of carbonyl (C=O) groups excluding carboxylic acids is 1. The van der Waals surface area contributed by atoms with Crippen LogP contribution in [0.5, 0.6) is 0 Å². The molecule has 0 aliphatic heterocycles. The van der Waals surface area contributed by atoms with Crippen LogP contribution < -0.4 is 4.90 Å². The number of thioether (sulfide) groups is 1. The number of rotatable bonds is 6. The molecule has 0 saturated carbocycles. The van der Waals surface area contributed by atoms with Crippen molar-refractivity contribution in [2.45, 2.75) is 19.8 Å². The maximum atomic E-state index is 12.2. The Hall–Kier alpha value is -1.47. The maximum Gasteiger partial charge on any atom is 0.228 e. The van der Waals surface area contributed by atoms with Crippen LogP contribution in [0.4, 0.5) is 5.00 Å². The van der Waals surface area contributed by atoms with Gasteiger partial charge in [0.1, 0.15) is 16.3 Å². The van der Waals surface area contributed by atoms with Crippen LogP contribution in [0, 0.1) is 0 Å². The third kappa shape index (κ3) is 3.79. The van der Waals surface area contributed by atoms with Crippen molar-refractivity contribution in [1.29, 1.82) is 0 Å². The average Bonchev–Trinajstić information content (AvgIpc) is 2.97. The zero-order valence-corrected chi connectivity index (χ0v) is 14.0. The van der Waals surface area contributed by atoms with E-state index in [1.54, 1.807) is 29.1 Å². The van der Waals surface area contributed by atoms with E-state index < -0.39 is 0 Å². The SMILES string of the molecule is CCc1nc(-c2cncnc2)sc1N(C)C(=O)CCSC. The maximum absolute atomic E-state index is 12.2. The van der Waals surface area contributed by atoms with Gasteiger partial charge in [0.2, 0.25) is 5.91 Å². The van der Waals surface area contributed by atoms with Crippen molar-refractivity contribution in [3.05, 3.63) is 24.4 Å². The fraction of sp³-hybridized carbons (Fsp3) is 0.429. The highest BCUT2D eigenvalue weighted by atomic mass is 32.2. The van der Waals surface area contributed by atoms with Gasteiger partial charge in [-0.2, -0.15) is 11.8 Å². The number of hydrogen-bond donors (Lipinski definition) is 0. The van der Waals surface area contributed by atoms with Crippen LogP contribution in [-0.2, 0) is 11.2 Å². The van der Waals surface area contributed by atoms with E-state index in [0.717, 1.165) is 33.4 Å². The zero-order valence-electron chi connectivity index (χ0n) is 12.4. The molecule has 2 aromatic rings. The van der Waals surface area contributed by atoms with Gasteiger partial charge in [-0.3, -0.25) is 4.79 Å². The highest BCUT2D eigenvalue weighted by Gasteiger charge is 2.19. The van der Waals surface area contributed by atoms with Crippen molar-refractivity contribution in [1.82, 2.24) is 15.0 Å². The van der Waals surface area contributed by atoms with E-state index in [1.807, 2.05) is 20.2 Å². The second kappa shape index (κ2) is 7.51. The predicted molar refractivity (Wildman–Crippen MR) is 88.9 cm³/mol. The molecule has 0 N–H and O–H groups in total. The number of aryl methyl sites for hydroxylation is 1. The summed E-state index contributed by atoms with van der Waals surface area (Å²) in [5.41, 5.74) is 1.83. The number of hydrogen-bond acceptors (Lipinski definition) is 6. The first kappa shape index (κ1) is 15.9. The van der Waals surface area contributed by atoms with Crippen molar-refractivity contribution in [2.24, 2.45) is 0 Å². The fourth-order valence-corrected chi connectivity index (χ4v) is 3.33. The molecule has 0 unspecified atom stereocenters. The van der Waals surface area contributed by atoms with Crippen molar-refractivity contribution >= 4 is 34.0 Å². The first-order chi connectivity index (χ1) is 10.2. The highest BCUT2D eigenvalue weighted by Crippen LogP contribution is 2.34. The van der Waals surface area contributed by atoms with Crippen molar-refractivity contribution in [2.75, 3.05) is 24.0 Å². The van der Waals surface area contributed by atoms with Crippen LogP contribution in [-0.4, -0.2) is 39.9 Å². The Balaban J connectivity index is 2.27. The lowest BCUT2D eigenvalue weighted by Gasteiger charge is -2.15. The minimum absolute atomic E-state index is 0.124. The Morgan fingerprint density at radius 1 is 1.38 bits per heavy atom. The summed E-state index contributed by atoms with van der Waals surface area (Å²) in [5.74, 6) is 0.960. The van der Waals surface area contributed by atoms with Crippen LogP contribution >= 0.6 is 23.1 Å². The summed E-state index contributed by atoms with van der Waals surface area (Å²) < 4.78 is 0. The van der Waals surface area contributed by atoms with Crippen LogP contribution in [0.25, 0.3) is 10.6 Å². The standard InChI is InChI=1S/C14H18N4OS2/c1-4-11-14(18(2)12(19)5-6-20-3)21-13(17-11)10-7-15-9-16-8-10/h7-9H,4-6H2,1-3H3.